The first-order chi connectivity index (χ1) is 11.8. The van der Waals surface area contributed by atoms with E-state index < -0.39 is 6.04 Å². The normalized spacial score (nSPS) is 18.7. The number of aldehydes is 1. The monoisotopic (exact) mass is 347 g/mol. The molecule has 2 N–H and O–H groups in total. The summed E-state index contributed by atoms with van der Waals surface area (Å²) in [6.45, 7) is 8.34. The van der Waals surface area contributed by atoms with Crippen molar-refractivity contribution in [3.8, 4) is 0 Å². The highest BCUT2D eigenvalue weighted by Gasteiger charge is 2.25. The first kappa shape index (κ1) is 23.7. The number of likely N-dealkylation sites (tertiary alicyclic amines) is 1. The summed E-state index contributed by atoms with van der Waals surface area (Å²) in [5.74, 6) is 0.525. The molecule has 3 unspecified atom stereocenters. The fourth-order valence-electron chi connectivity index (χ4n) is 2.69. The van der Waals surface area contributed by atoms with Gasteiger partial charge in [0.1, 0.15) is 6.29 Å². The average molecular weight is 347 g/mol. The van der Waals surface area contributed by atoms with Crippen LogP contribution in [0.25, 0.3) is 0 Å². The summed E-state index contributed by atoms with van der Waals surface area (Å²) in [4.78, 5) is 36.5. The molecule has 1 aliphatic heterocycles. The zero-order chi connectivity index (χ0) is 19.4. The van der Waals surface area contributed by atoms with Crippen LogP contribution < -0.4 is 5.73 Å². The van der Waals surface area contributed by atoms with Gasteiger partial charge in [-0.2, -0.15) is 0 Å². The first-order valence-corrected chi connectivity index (χ1v) is 8.99. The Morgan fingerprint density at radius 1 is 1.40 bits per heavy atom. The number of nitrogens with zero attached hydrogens (tertiary/aromatic N) is 2. The molecule has 1 heterocycles. The molecule has 25 heavy (non-hydrogen) atoms. The SMILES string of the molecule is [B]CC(=O)N(CCC)C(C)CC=O.[B]CC(N)C(=O)N1CCC(C)C1. The summed E-state index contributed by atoms with van der Waals surface area (Å²) < 4.78 is 0. The van der Waals surface area contributed by atoms with Gasteiger partial charge in [0.15, 0.2) is 0 Å². The van der Waals surface area contributed by atoms with E-state index in [0.717, 1.165) is 32.2 Å². The van der Waals surface area contributed by atoms with Crippen molar-refractivity contribution in [2.24, 2.45) is 11.7 Å². The predicted octanol–water partition coefficient (Wildman–Crippen LogP) is 0.558. The Morgan fingerprint density at radius 2 is 2.04 bits per heavy atom. The van der Waals surface area contributed by atoms with E-state index in [1.807, 2.05) is 18.7 Å². The van der Waals surface area contributed by atoms with Crippen LogP contribution in [0.3, 0.4) is 0 Å². The fraction of sp³-hybridized carbons (Fsp3) is 0.824. The van der Waals surface area contributed by atoms with Crippen LogP contribution in [0, 0.1) is 5.92 Å². The van der Waals surface area contributed by atoms with Gasteiger partial charge in [0.25, 0.3) is 0 Å². The molecule has 4 radical (unpaired) electrons. The first-order valence-electron chi connectivity index (χ1n) is 8.99. The minimum Gasteiger partial charge on any atom is -0.341 e. The standard InChI is InChI=1S/C9H16BNO2.C8H15BN2O/c1-3-5-11(9(13)7-10)8(2)4-6-12;1-6-2-3-11(5-6)8(12)7(10)4-9/h6,8H,3-5,7H2,1-2H3;6-7H,2-5,10H2,1H3. The molecule has 1 rings (SSSR count). The molecule has 0 saturated carbocycles. The third-order valence-corrected chi connectivity index (χ3v) is 4.24. The van der Waals surface area contributed by atoms with Gasteiger partial charge in [-0.3, -0.25) is 9.59 Å². The number of hydrogen-bond acceptors (Lipinski definition) is 4. The second-order valence-electron chi connectivity index (χ2n) is 6.56. The molecule has 8 heteroatoms. The molecular formula is C17H31B2N3O3. The summed E-state index contributed by atoms with van der Waals surface area (Å²) in [6.07, 6.45) is 3.44. The number of carbonyl (C=O) groups is 3. The summed E-state index contributed by atoms with van der Waals surface area (Å²) >= 11 is 0. The second-order valence-corrected chi connectivity index (χ2v) is 6.56. The van der Waals surface area contributed by atoms with E-state index in [2.05, 4.69) is 6.92 Å². The summed E-state index contributed by atoms with van der Waals surface area (Å²) in [6, 6.07) is -0.538. The number of amides is 2. The molecule has 1 fully saturated rings. The summed E-state index contributed by atoms with van der Waals surface area (Å²) in [5.41, 5.74) is 5.53. The molecule has 0 aliphatic carbocycles. The minimum atomic E-state index is -0.504. The smallest absolute Gasteiger partial charge is 0.238 e. The Kier molecular flexibility index (Phi) is 12.3. The molecule has 0 spiro atoms. The Labute approximate surface area is 154 Å². The van der Waals surface area contributed by atoms with E-state index in [4.69, 9.17) is 21.4 Å². The average Bonchev–Trinajstić information content (AvgIpc) is 3.04. The Morgan fingerprint density at radius 3 is 2.44 bits per heavy atom. The van der Waals surface area contributed by atoms with Crippen LogP contribution in [0.5, 0.6) is 0 Å². The lowest BCUT2D eigenvalue weighted by atomic mass is 9.97. The van der Waals surface area contributed by atoms with Gasteiger partial charge in [0, 0.05) is 32.1 Å². The van der Waals surface area contributed by atoms with E-state index in [-0.39, 0.29) is 30.5 Å². The van der Waals surface area contributed by atoms with Crippen molar-refractivity contribution in [2.75, 3.05) is 19.6 Å². The maximum absolute atomic E-state index is 11.4. The maximum Gasteiger partial charge on any atom is 0.238 e. The van der Waals surface area contributed by atoms with Crippen molar-refractivity contribution < 1.29 is 14.4 Å². The highest BCUT2D eigenvalue weighted by atomic mass is 16.2. The molecule has 0 aromatic carbocycles. The van der Waals surface area contributed by atoms with Gasteiger partial charge in [-0.25, -0.2) is 0 Å². The largest absolute Gasteiger partial charge is 0.341 e. The van der Waals surface area contributed by atoms with E-state index in [1.54, 1.807) is 4.90 Å². The van der Waals surface area contributed by atoms with Crippen LogP contribution in [0.1, 0.15) is 40.0 Å². The zero-order valence-electron chi connectivity index (χ0n) is 15.8. The molecule has 0 bridgehead atoms. The number of hydrogen-bond donors (Lipinski definition) is 1. The minimum absolute atomic E-state index is 0.00171. The fourth-order valence-corrected chi connectivity index (χ4v) is 2.69. The van der Waals surface area contributed by atoms with Crippen molar-refractivity contribution >= 4 is 33.8 Å². The van der Waals surface area contributed by atoms with Crippen molar-refractivity contribution in [2.45, 2.75) is 64.8 Å². The summed E-state index contributed by atoms with van der Waals surface area (Å²) in [7, 11) is 10.6. The van der Waals surface area contributed by atoms with Gasteiger partial charge in [-0.15, -0.1) is 0 Å². The van der Waals surface area contributed by atoms with Crippen molar-refractivity contribution in [1.29, 1.82) is 0 Å². The van der Waals surface area contributed by atoms with Gasteiger partial charge in [-0.05, 0) is 32.0 Å². The summed E-state index contributed by atoms with van der Waals surface area (Å²) in [5, 5.41) is 0. The topological polar surface area (TPSA) is 83.7 Å². The molecule has 0 aromatic heterocycles. The predicted molar refractivity (Wildman–Crippen MR) is 102 cm³/mol. The Bertz CT molecular complexity index is 424. The van der Waals surface area contributed by atoms with Crippen LogP contribution in [0.15, 0.2) is 0 Å². The van der Waals surface area contributed by atoms with Gasteiger partial charge in [-0.1, -0.05) is 20.2 Å². The van der Waals surface area contributed by atoms with Crippen LogP contribution >= 0.6 is 0 Å². The molecule has 3 atom stereocenters. The highest BCUT2D eigenvalue weighted by Crippen LogP contribution is 2.15. The maximum atomic E-state index is 11.4. The van der Waals surface area contributed by atoms with Crippen LogP contribution in [-0.2, 0) is 14.4 Å². The Hall–Kier alpha value is -1.30. The highest BCUT2D eigenvalue weighted by molar-refractivity contribution is 6.19. The van der Waals surface area contributed by atoms with Crippen molar-refractivity contribution in [3.05, 3.63) is 0 Å². The zero-order valence-corrected chi connectivity index (χ0v) is 15.8. The lowest BCUT2D eigenvalue weighted by Gasteiger charge is -2.27. The number of carbonyl (C=O) groups excluding carboxylic acids is 3. The number of rotatable bonds is 8. The van der Waals surface area contributed by atoms with Crippen LogP contribution in [0.2, 0.25) is 12.6 Å². The lowest BCUT2D eigenvalue weighted by Crippen LogP contribution is -2.42. The molecule has 1 aliphatic rings. The second kappa shape index (κ2) is 13.0. The molecular weight excluding hydrogens is 316 g/mol. The Balaban J connectivity index is 0.000000462. The van der Waals surface area contributed by atoms with E-state index in [0.29, 0.717) is 18.9 Å². The third kappa shape index (κ3) is 8.56. The van der Waals surface area contributed by atoms with Gasteiger partial charge in [0.05, 0.1) is 21.7 Å². The van der Waals surface area contributed by atoms with E-state index >= 15 is 0 Å². The molecule has 6 nitrogen and oxygen atoms in total. The quantitative estimate of drug-likeness (QED) is 0.514. The van der Waals surface area contributed by atoms with Gasteiger partial charge >= 0.3 is 0 Å². The molecule has 1 saturated heterocycles. The van der Waals surface area contributed by atoms with Crippen LogP contribution in [0.4, 0.5) is 0 Å². The lowest BCUT2D eigenvalue weighted by molar-refractivity contribution is -0.132. The van der Waals surface area contributed by atoms with Gasteiger partial charge < -0.3 is 20.3 Å². The van der Waals surface area contributed by atoms with Crippen molar-refractivity contribution in [3.63, 3.8) is 0 Å². The molecule has 0 aromatic rings. The molecule has 2 amide bonds. The van der Waals surface area contributed by atoms with Gasteiger partial charge in [0.2, 0.25) is 11.8 Å². The molecule has 138 valence electrons. The number of nitrogens with two attached hydrogens (primary N) is 1. The van der Waals surface area contributed by atoms with Crippen molar-refractivity contribution in [1.82, 2.24) is 9.80 Å². The van der Waals surface area contributed by atoms with E-state index in [9.17, 15) is 14.4 Å². The van der Waals surface area contributed by atoms with Crippen LogP contribution in [-0.4, -0.2) is 75.3 Å². The van der Waals surface area contributed by atoms with E-state index in [1.165, 1.54) is 0 Å². The third-order valence-electron chi connectivity index (χ3n) is 4.24.